The van der Waals surface area contributed by atoms with Crippen LogP contribution in [0, 0.1) is 5.82 Å². The maximum absolute atomic E-state index is 13.6. The van der Waals surface area contributed by atoms with E-state index in [0.717, 1.165) is 15.6 Å². The normalized spacial score (nSPS) is 11.9. The third-order valence-corrected chi connectivity index (χ3v) is 6.34. The van der Waals surface area contributed by atoms with Crippen LogP contribution in [0.1, 0.15) is 5.56 Å². The summed E-state index contributed by atoms with van der Waals surface area (Å²) in [5.74, 6) is -0.408. The van der Waals surface area contributed by atoms with E-state index in [4.69, 9.17) is 16.3 Å². The number of rotatable bonds is 5. The highest BCUT2D eigenvalue weighted by Gasteiger charge is 2.23. The van der Waals surface area contributed by atoms with Crippen molar-refractivity contribution in [1.29, 1.82) is 0 Å². The van der Waals surface area contributed by atoms with E-state index >= 15 is 0 Å². The molecule has 0 spiro atoms. The van der Waals surface area contributed by atoms with Gasteiger partial charge in [0.1, 0.15) is 4.21 Å². The van der Waals surface area contributed by atoms with Crippen LogP contribution < -0.4 is 4.74 Å². The lowest BCUT2D eigenvalue weighted by molar-refractivity contribution is 0.385. The molecule has 0 bridgehead atoms. The van der Waals surface area contributed by atoms with Crippen molar-refractivity contribution in [2.24, 2.45) is 0 Å². The van der Waals surface area contributed by atoms with Crippen molar-refractivity contribution in [1.82, 2.24) is 4.31 Å². The second-order valence-electron chi connectivity index (χ2n) is 4.29. The second-order valence-corrected chi connectivity index (χ2v) is 8.28. The van der Waals surface area contributed by atoms with Crippen LogP contribution in [-0.2, 0) is 16.6 Å². The van der Waals surface area contributed by atoms with Crippen LogP contribution in [0.15, 0.2) is 34.5 Å². The summed E-state index contributed by atoms with van der Waals surface area (Å²) < 4.78 is 44.8. The van der Waals surface area contributed by atoms with Gasteiger partial charge in [-0.25, -0.2) is 12.8 Å². The number of sulfonamides is 1. The number of benzene rings is 1. The molecule has 0 aliphatic heterocycles. The molecule has 0 radical (unpaired) electrons. The molecule has 0 amide bonds. The lowest BCUT2D eigenvalue weighted by Gasteiger charge is -2.16. The second kappa shape index (κ2) is 6.31. The standard InChI is InChI=1S/C13H13ClFNO3S2/c1-16(21(17,18)13-6-5-12(14)20-13)8-9-3-4-11(19-2)10(15)7-9/h3-7H,8H2,1-2H3. The molecule has 4 nitrogen and oxygen atoms in total. The Kier molecular flexibility index (Phi) is 4.88. The zero-order valence-corrected chi connectivity index (χ0v) is 13.7. The van der Waals surface area contributed by atoms with Crippen LogP contribution >= 0.6 is 22.9 Å². The summed E-state index contributed by atoms with van der Waals surface area (Å²) in [7, 11) is -0.825. The first-order valence-electron chi connectivity index (χ1n) is 5.88. The minimum absolute atomic E-state index is 0.0543. The smallest absolute Gasteiger partial charge is 0.252 e. The van der Waals surface area contributed by atoms with Crippen molar-refractivity contribution in [3.8, 4) is 5.75 Å². The van der Waals surface area contributed by atoms with Gasteiger partial charge in [-0.3, -0.25) is 0 Å². The zero-order chi connectivity index (χ0) is 15.6. The van der Waals surface area contributed by atoms with Crippen molar-refractivity contribution >= 4 is 33.0 Å². The van der Waals surface area contributed by atoms with Crippen LogP contribution in [0.3, 0.4) is 0 Å². The molecule has 0 aliphatic carbocycles. The Balaban J connectivity index is 2.21. The molecule has 1 aromatic carbocycles. The van der Waals surface area contributed by atoms with Crippen LogP contribution in [0.4, 0.5) is 4.39 Å². The summed E-state index contributed by atoms with van der Waals surface area (Å²) in [6.07, 6.45) is 0. The predicted molar refractivity (Wildman–Crippen MR) is 80.9 cm³/mol. The fraction of sp³-hybridized carbons (Fsp3) is 0.231. The van der Waals surface area contributed by atoms with Gasteiger partial charge in [-0.2, -0.15) is 4.31 Å². The molecular formula is C13H13ClFNO3S2. The maximum Gasteiger partial charge on any atom is 0.252 e. The summed E-state index contributed by atoms with van der Waals surface area (Å²) in [5, 5.41) is 0. The number of thiophene rings is 1. The summed E-state index contributed by atoms with van der Waals surface area (Å²) >= 11 is 6.74. The van der Waals surface area contributed by atoms with Gasteiger partial charge in [0.15, 0.2) is 11.6 Å². The quantitative estimate of drug-likeness (QED) is 0.831. The summed E-state index contributed by atoms with van der Waals surface area (Å²) in [6.45, 7) is 0.0543. The van der Waals surface area contributed by atoms with E-state index in [1.165, 1.54) is 38.4 Å². The zero-order valence-electron chi connectivity index (χ0n) is 11.3. The largest absolute Gasteiger partial charge is 0.494 e. The fourth-order valence-electron chi connectivity index (χ4n) is 1.74. The first-order chi connectivity index (χ1) is 9.84. The topological polar surface area (TPSA) is 46.6 Å². The van der Waals surface area contributed by atoms with E-state index in [9.17, 15) is 12.8 Å². The first kappa shape index (κ1) is 16.2. The first-order valence-corrected chi connectivity index (χ1v) is 8.52. The third kappa shape index (κ3) is 3.55. The molecule has 8 heteroatoms. The Labute approximate surface area is 131 Å². The molecule has 0 saturated carbocycles. The van der Waals surface area contributed by atoms with Crippen molar-refractivity contribution in [2.75, 3.05) is 14.2 Å². The number of hydrogen-bond donors (Lipinski definition) is 0. The molecule has 21 heavy (non-hydrogen) atoms. The SMILES string of the molecule is COc1ccc(CN(C)S(=O)(=O)c2ccc(Cl)s2)cc1F. The van der Waals surface area contributed by atoms with E-state index in [1.807, 2.05) is 0 Å². The van der Waals surface area contributed by atoms with Gasteiger partial charge in [-0.05, 0) is 29.8 Å². The minimum atomic E-state index is -3.63. The van der Waals surface area contributed by atoms with Crippen molar-refractivity contribution in [2.45, 2.75) is 10.8 Å². The van der Waals surface area contributed by atoms with E-state index < -0.39 is 15.8 Å². The molecule has 0 saturated heterocycles. The van der Waals surface area contributed by atoms with Crippen molar-refractivity contribution in [3.05, 3.63) is 46.0 Å². The highest BCUT2D eigenvalue weighted by atomic mass is 35.5. The molecule has 0 atom stereocenters. The third-order valence-electron chi connectivity index (χ3n) is 2.83. The average molecular weight is 350 g/mol. The Morgan fingerprint density at radius 1 is 1.33 bits per heavy atom. The monoisotopic (exact) mass is 349 g/mol. The average Bonchev–Trinajstić information content (AvgIpc) is 2.86. The molecular weight excluding hydrogens is 337 g/mol. The maximum atomic E-state index is 13.6. The van der Waals surface area contributed by atoms with Gasteiger partial charge >= 0.3 is 0 Å². The predicted octanol–water partition coefficient (Wildman–Crippen LogP) is 3.37. The Bertz CT molecular complexity index is 746. The number of methoxy groups -OCH3 is 1. The van der Waals surface area contributed by atoms with Gasteiger partial charge in [-0.1, -0.05) is 17.7 Å². The fourth-order valence-corrected chi connectivity index (χ4v) is 4.59. The van der Waals surface area contributed by atoms with E-state index in [1.54, 1.807) is 6.07 Å². The van der Waals surface area contributed by atoms with E-state index in [0.29, 0.717) is 9.90 Å². The summed E-state index contributed by atoms with van der Waals surface area (Å²) in [6, 6.07) is 7.32. The Morgan fingerprint density at radius 2 is 2.05 bits per heavy atom. The van der Waals surface area contributed by atoms with E-state index in [2.05, 4.69) is 0 Å². The van der Waals surface area contributed by atoms with E-state index in [-0.39, 0.29) is 16.5 Å². The molecule has 1 heterocycles. The van der Waals surface area contributed by atoms with Gasteiger partial charge in [0, 0.05) is 13.6 Å². The molecule has 2 rings (SSSR count). The lowest BCUT2D eigenvalue weighted by atomic mass is 10.2. The van der Waals surface area contributed by atoms with Gasteiger partial charge in [-0.15, -0.1) is 11.3 Å². The van der Waals surface area contributed by atoms with Gasteiger partial charge in [0.25, 0.3) is 10.0 Å². The van der Waals surface area contributed by atoms with Crippen LogP contribution in [0.5, 0.6) is 5.75 Å². The molecule has 114 valence electrons. The van der Waals surface area contributed by atoms with Gasteiger partial charge in [0.05, 0.1) is 11.4 Å². The molecule has 0 fully saturated rings. The van der Waals surface area contributed by atoms with Crippen LogP contribution in [-0.4, -0.2) is 26.9 Å². The van der Waals surface area contributed by atoms with Crippen molar-refractivity contribution < 1.29 is 17.5 Å². The van der Waals surface area contributed by atoms with Crippen LogP contribution in [0.25, 0.3) is 0 Å². The number of halogens is 2. The highest BCUT2D eigenvalue weighted by molar-refractivity contribution is 7.91. The number of ether oxygens (including phenoxy) is 1. The number of hydrogen-bond acceptors (Lipinski definition) is 4. The Morgan fingerprint density at radius 3 is 2.57 bits per heavy atom. The summed E-state index contributed by atoms with van der Waals surface area (Å²) in [5.41, 5.74) is 0.530. The van der Waals surface area contributed by atoms with Crippen molar-refractivity contribution in [3.63, 3.8) is 0 Å². The Hall–Kier alpha value is -1.15. The minimum Gasteiger partial charge on any atom is -0.494 e. The summed E-state index contributed by atoms with van der Waals surface area (Å²) in [4.78, 5) is 0. The molecule has 2 aromatic rings. The molecule has 0 N–H and O–H groups in total. The van der Waals surface area contributed by atoms with Gasteiger partial charge in [0.2, 0.25) is 0 Å². The molecule has 1 aromatic heterocycles. The molecule has 0 aliphatic rings. The van der Waals surface area contributed by atoms with Crippen LogP contribution in [0.2, 0.25) is 4.34 Å². The lowest BCUT2D eigenvalue weighted by Crippen LogP contribution is -2.25. The highest BCUT2D eigenvalue weighted by Crippen LogP contribution is 2.28. The number of nitrogens with zero attached hydrogens (tertiary/aromatic N) is 1. The molecule has 0 unspecified atom stereocenters. The van der Waals surface area contributed by atoms with Gasteiger partial charge < -0.3 is 4.74 Å².